The highest BCUT2D eigenvalue weighted by atomic mass is 16.8. The molecule has 0 spiro atoms. The molecule has 0 unspecified atom stereocenters. The number of carbonyl (C=O) groups excluding carboxylic acids is 3. The third kappa shape index (κ3) is 2.95. The number of imide groups is 1. The Bertz CT molecular complexity index is 316. The zero-order valence-corrected chi connectivity index (χ0v) is 7.76. The predicted molar refractivity (Wildman–Crippen MR) is 43.8 cm³/mol. The van der Waals surface area contributed by atoms with Gasteiger partial charge >= 0.3 is 6.16 Å². The first kappa shape index (κ1) is 11.0. The zero-order chi connectivity index (χ0) is 11.3. The van der Waals surface area contributed by atoms with Gasteiger partial charge < -0.3 is 4.74 Å². The van der Waals surface area contributed by atoms with Gasteiger partial charge in [0.25, 0.3) is 11.8 Å². The van der Waals surface area contributed by atoms with Gasteiger partial charge in [0, 0.05) is 12.8 Å². The summed E-state index contributed by atoms with van der Waals surface area (Å²) in [5.41, 5.74) is 0. The van der Waals surface area contributed by atoms with E-state index in [9.17, 15) is 14.4 Å². The van der Waals surface area contributed by atoms with E-state index in [1.54, 1.807) is 6.07 Å². The quantitative estimate of drug-likeness (QED) is 0.374. The molecule has 1 heterocycles. The third-order valence-electron chi connectivity index (χ3n) is 1.61. The minimum atomic E-state index is -1.16. The van der Waals surface area contributed by atoms with Crippen LogP contribution >= 0.6 is 0 Å². The molecular weight excluding hydrogens is 204 g/mol. The molecule has 0 aliphatic carbocycles. The number of rotatable bonds is 3. The molecule has 2 amide bonds. The van der Waals surface area contributed by atoms with Crippen LogP contribution in [0.25, 0.3) is 0 Å². The first-order chi connectivity index (χ1) is 7.15. The van der Waals surface area contributed by atoms with Crippen molar-refractivity contribution in [2.45, 2.75) is 19.3 Å². The molecule has 1 rings (SSSR count). The van der Waals surface area contributed by atoms with Crippen molar-refractivity contribution in [2.75, 3.05) is 6.61 Å². The number of hydroxylamine groups is 2. The van der Waals surface area contributed by atoms with Gasteiger partial charge in [-0.25, -0.2) is 4.79 Å². The van der Waals surface area contributed by atoms with Gasteiger partial charge in [-0.05, 0) is 0 Å². The number of amides is 2. The number of nitriles is 1. The number of carbonyl (C=O) groups is 3. The van der Waals surface area contributed by atoms with Crippen molar-refractivity contribution < 1.29 is 24.0 Å². The maximum Gasteiger partial charge on any atom is 0.533 e. The highest BCUT2D eigenvalue weighted by Crippen LogP contribution is 2.12. The number of nitrogens with zero attached hydrogens (tertiary/aromatic N) is 2. The first-order valence-corrected chi connectivity index (χ1v) is 4.22. The molecule has 0 N–H and O–H groups in total. The molecule has 1 saturated heterocycles. The Morgan fingerprint density at radius 3 is 2.53 bits per heavy atom. The highest BCUT2D eigenvalue weighted by Gasteiger charge is 2.33. The summed E-state index contributed by atoms with van der Waals surface area (Å²) in [6.07, 6.45) is -1.07. The lowest BCUT2D eigenvalue weighted by molar-refractivity contribution is -0.177. The lowest BCUT2D eigenvalue weighted by Crippen LogP contribution is -2.32. The average Bonchev–Trinajstić information content (AvgIpc) is 2.50. The molecule has 0 aromatic carbocycles. The Labute approximate surface area is 85.1 Å². The number of ether oxygens (including phenoxy) is 1. The van der Waals surface area contributed by atoms with Gasteiger partial charge in [0.2, 0.25) is 0 Å². The predicted octanol–water partition coefficient (Wildman–Crippen LogP) is 0.117. The van der Waals surface area contributed by atoms with Crippen molar-refractivity contribution in [1.29, 1.82) is 5.26 Å². The highest BCUT2D eigenvalue weighted by molar-refractivity contribution is 6.01. The largest absolute Gasteiger partial charge is 0.533 e. The smallest absolute Gasteiger partial charge is 0.432 e. The van der Waals surface area contributed by atoms with Crippen LogP contribution in [0.5, 0.6) is 0 Å². The normalized spacial score (nSPS) is 15.0. The minimum absolute atomic E-state index is 0.0248. The Kier molecular flexibility index (Phi) is 3.62. The van der Waals surface area contributed by atoms with Crippen LogP contribution in [0, 0.1) is 11.3 Å². The molecule has 0 bridgehead atoms. The van der Waals surface area contributed by atoms with Gasteiger partial charge in [0.15, 0.2) is 0 Å². The molecule has 15 heavy (non-hydrogen) atoms. The molecule has 1 aliphatic rings. The van der Waals surface area contributed by atoms with E-state index in [1.165, 1.54) is 0 Å². The van der Waals surface area contributed by atoms with E-state index in [1.807, 2.05) is 0 Å². The second-order valence-electron chi connectivity index (χ2n) is 2.68. The molecule has 0 atom stereocenters. The van der Waals surface area contributed by atoms with Gasteiger partial charge in [-0.15, -0.1) is 0 Å². The van der Waals surface area contributed by atoms with Crippen LogP contribution < -0.4 is 0 Å². The van der Waals surface area contributed by atoms with Crippen LogP contribution in [0.1, 0.15) is 19.3 Å². The van der Waals surface area contributed by atoms with E-state index >= 15 is 0 Å². The van der Waals surface area contributed by atoms with Gasteiger partial charge in [0.05, 0.1) is 12.5 Å². The van der Waals surface area contributed by atoms with Crippen molar-refractivity contribution in [3.05, 3.63) is 0 Å². The van der Waals surface area contributed by atoms with E-state index in [0.717, 1.165) is 0 Å². The van der Waals surface area contributed by atoms with Crippen molar-refractivity contribution >= 4 is 18.0 Å². The summed E-state index contributed by atoms with van der Waals surface area (Å²) < 4.78 is 4.41. The molecule has 80 valence electrons. The molecule has 0 aromatic heterocycles. The second kappa shape index (κ2) is 4.95. The Balaban J connectivity index is 2.34. The maximum absolute atomic E-state index is 11.0. The maximum atomic E-state index is 11.0. The van der Waals surface area contributed by atoms with Crippen LogP contribution in [0.15, 0.2) is 0 Å². The molecule has 0 saturated carbocycles. The average molecular weight is 212 g/mol. The molecule has 0 aromatic rings. The van der Waals surface area contributed by atoms with E-state index < -0.39 is 18.0 Å². The van der Waals surface area contributed by atoms with Crippen LogP contribution in [-0.4, -0.2) is 29.6 Å². The fourth-order valence-corrected chi connectivity index (χ4v) is 0.939. The van der Waals surface area contributed by atoms with Crippen molar-refractivity contribution in [1.82, 2.24) is 5.06 Å². The van der Waals surface area contributed by atoms with Crippen molar-refractivity contribution in [3.63, 3.8) is 0 Å². The van der Waals surface area contributed by atoms with Gasteiger partial charge in [-0.1, -0.05) is 5.06 Å². The van der Waals surface area contributed by atoms with Crippen molar-refractivity contribution in [3.8, 4) is 6.07 Å². The molecular formula is C8H8N2O5. The van der Waals surface area contributed by atoms with E-state index in [4.69, 9.17) is 5.26 Å². The topological polar surface area (TPSA) is 96.7 Å². The summed E-state index contributed by atoms with van der Waals surface area (Å²) in [7, 11) is 0. The van der Waals surface area contributed by atoms with E-state index in [-0.39, 0.29) is 25.9 Å². The summed E-state index contributed by atoms with van der Waals surface area (Å²) in [6, 6.07) is 1.75. The van der Waals surface area contributed by atoms with Gasteiger partial charge in [0.1, 0.15) is 6.61 Å². The van der Waals surface area contributed by atoms with Gasteiger partial charge in [-0.2, -0.15) is 5.26 Å². The summed E-state index contributed by atoms with van der Waals surface area (Å²) in [6.45, 7) is -0.133. The summed E-state index contributed by atoms with van der Waals surface area (Å²) in [5.74, 6) is -1.14. The first-order valence-electron chi connectivity index (χ1n) is 4.22. The number of hydrogen-bond acceptors (Lipinski definition) is 6. The molecule has 0 radical (unpaired) electrons. The summed E-state index contributed by atoms with van der Waals surface area (Å²) in [4.78, 5) is 37.2. The molecule has 7 heteroatoms. The zero-order valence-electron chi connectivity index (χ0n) is 7.76. The SMILES string of the molecule is N#CCCOC(=O)ON1C(=O)CCC1=O. The number of hydrogen-bond donors (Lipinski definition) is 0. The fourth-order valence-electron chi connectivity index (χ4n) is 0.939. The molecule has 7 nitrogen and oxygen atoms in total. The summed E-state index contributed by atoms with van der Waals surface area (Å²) >= 11 is 0. The fraction of sp³-hybridized carbons (Fsp3) is 0.500. The standard InChI is InChI=1S/C8H8N2O5/c9-4-1-5-14-8(13)15-10-6(11)2-3-7(10)12/h1-3,5H2. The molecule has 1 aliphatic heterocycles. The lowest BCUT2D eigenvalue weighted by atomic mass is 10.4. The molecule has 1 fully saturated rings. The second-order valence-corrected chi connectivity index (χ2v) is 2.68. The lowest BCUT2D eigenvalue weighted by Gasteiger charge is -2.11. The van der Waals surface area contributed by atoms with Crippen molar-refractivity contribution in [2.24, 2.45) is 0 Å². The van der Waals surface area contributed by atoms with Crippen LogP contribution in [0.4, 0.5) is 4.79 Å². The van der Waals surface area contributed by atoms with E-state index in [0.29, 0.717) is 5.06 Å². The Hall–Kier alpha value is -2.10. The Morgan fingerprint density at radius 1 is 1.40 bits per heavy atom. The van der Waals surface area contributed by atoms with E-state index in [2.05, 4.69) is 9.57 Å². The summed E-state index contributed by atoms with van der Waals surface area (Å²) in [5, 5.41) is 8.53. The minimum Gasteiger partial charge on any atom is -0.432 e. The van der Waals surface area contributed by atoms with Gasteiger partial charge in [-0.3, -0.25) is 14.4 Å². The van der Waals surface area contributed by atoms with Crippen LogP contribution in [-0.2, 0) is 19.2 Å². The third-order valence-corrected chi connectivity index (χ3v) is 1.61. The van der Waals surface area contributed by atoms with Crippen LogP contribution in [0.2, 0.25) is 0 Å². The Morgan fingerprint density at radius 2 is 2.00 bits per heavy atom. The van der Waals surface area contributed by atoms with Crippen LogP contribution in [0.3, 0.4) is 0 Å². The monoisotopic (exact) mass is 212 g/mol.